The van der Waals surface area contributed by atoms with Gasteiger partial charge in [-0.1, -0.05) is 6.07 Å². The van der Waals surface area contributed by atoms with Gasteiger partial charge in [0.1, 0.15) is 5.75 Å². The maximum absolute atomic E-state index is 12.1. The molecule has 5 heteroatoms. The van der Waals surface area contributed by atoms with Gasteiger partial charge in [0.15, 0.2) is 12.4 Å². The van der Waals surface area contributed by atoms with Crippen LogP contribution in [0.3, 0.4) is 0 Å². The second kappa shape index (κ2) is 6.96. The number of rotatable bonds is 5. The number of hydrogen-bond acceptors (Lipinski definition) is 4. The molecule has 1 amide bonds. The van der Waals surface area contributed by atoms with Crippen LogP contribution in [0.4, 0.5) is 0 Å². The third kappa shape index (κ3) is 3.79. The number of carbonyl (C=O) groups is 2. The Labute approximate surface area is 139 Å². The molecule has 4 nitrogen and oxygen atoms in total. The molecule has 0 N–H and O–H groups in total. The van der Waals surface area contributed by atoms with E-state index in [2.05, 4.69) is 0 Å². The molecule has 0 aliphatic heterocycles. The van der Waals surface area contributed by atoms with E-state index >= 15 is 0 Å². The van der Waals surface area contributed by atoms with Gasteiger partial charge in [-0.3, -0.25) is 9.59 Å². The molecule has 0 bridgehead atoms. The fourth-order valence-corrected chi connectivity index (χ4v) is 3.45. The first-order valence-corrected chi connectivity index (χ1v) is 8.57. The number of nitrogens with zero attached hydrogens (tertiary/aromatic N) is 1. The van der Waals surface area contributed by atoms with Crippen molar-refractivity contribution in [2.45, 2.75) is 25.8 Å². The van der Waals surface area contributed by atoms with Crippen LogP contribution in [0.15, 0.2) is 35.7 Å². The van der Waals surface area contributed by atoms with Crippen LogP contribution in [-0.2, 0) is 17.8 Å². The minimum atomic E-state index is -0.0628. The van der Waals surface area contributed by atoms with E-state index in [1.807, 2.05) is 29.6 Å². The lowest BCUT2D eigenvalue weighted by Gasteiger charge is -2.18. The zero-order valence-corrected chi connectivity index (χ0v) is 13.9. The van der Waals surface area contributed by atoms with E-state index in [0.717, 1.165) is 28.8 Å². The van der Waals surface area contributed by atoms with Gasteiger partial charge in [0.25, 0.3) is 5.91 Å². The van der Waals surface area contributed by atoms with E-state index in [-0.39, 0.29) is 18.3 Å². The Morgan fingerprint density at radius 2 is 2.17 bits per heavy atom. The van der Waals surface area contributed by atoms with E-state index in [9.17, 15) is 9.59 Å². The molecule has 0 unspecified atom stereocenters. The molecule has 0 fully saturated rings. The molecule has 1 aliphatic carbocycles. The van der Waals surface area contributed by atoms with Crippen molar-refractivity contribution in [3.8, 4) is 5.75 Å². The Kier molecular flexibility index (Phi) is 4.76. The van der Waals surface area contributed by atoms with E-state index < -0.39 is 0 Å². The molecule has 0 saturated carbocycles. The van der Waals surface area contributed by atoms with Crippen molar-refractivity contribution in [2.24, 2.45) is 0 Å². The van der Waals surface area contributed by atoms with E-state index in [4.69, 9.17) is 4.74 Å². The van der Waals surface area contributed by atoms with Crippen molar-refractivity contribution in [3.63, 3.8) is 0 Å². The number of aryl methyl sites for hydroxylation is 1. The average molecular weight is 329 g/mol. The molecule has 120 valence electrons. The second-order valence-corrected chi connectivity index (χ2v) is 6.75. The summed E-state index contributed by atoms with van der Waals surface area (Å²) in [5.74, 6) is 0.785. The van der Waals surface area contributed by atoms with Crippen LogP contribution in [0.25, 0.3) is 0 Å². The third-order valence-electron chi connectivity index (χ3n) is 3.99. The number of ketones is 1. The highest BCUT2D eigenvalue weighted by molar-refractivity contribution is 7.09. The summed E-state index contributed by atoms with van der Waals surface area (Å²) in [5, 5.41) is 2.00. The van der Waals surface area contributed by atoms with E-state index in [1.165, 1.54) is 0 Å². The van der Waals surface area contributed by atoms with Crippen LogP contribution in [0.5, 0.6) is 5.75 Å². The maximum Gasteiger partial charge on any atom is 0.260 e. The zero-order valence-electron chi connectivity index (χ0n) is 13.1. The van der Waals surface area contributed by atoms with Crippen LogP contribution in [0.1, 0.15) is 33.6 Å². The zero-order chi connectivity index (χ0) is 16.2. The summed E-state index contributed by atoms with van der Waals surface area (Å²) in [7, 11) is 1.77. The summed E-state index contributed by atoms with van der Waals surface area (Å²) in [6, 6.07) is 9.46. The first kappa shape index (κ1) is 15.7. The summed E-state index contributed by atoms with van der Waals surface area (Å²) in [6.45, 7) is 0.604. The highest BCUT2D eigenvalue weighted by atomic mass is 32.1. The lowest BCUT2D eigenvalue weighted by Crippen LogP contribution is -2.30. The van der Waals surface area contributed by atoms with Gasteiger partial charge in [-0.25, -0.2) is 0 Å². The number of carbonyl (C=O) groups excluding carboxylic acids is 2. The monoisotopic (exact) mass is 329 g/mol. The average Bonchev–Trinajstić information content (AvgIpc) is 3.05. The Balaban J connectivity index is 1.57. The van der Waals surface area contributed by atoms with Gasteiger partial charge in [-0.05, 0) is 48.1 Å². The van der Waals surface area contributed by atoms with Crippen molar-refractivity contribution in [1.82, 2.24) is 4.90 Å². The summed E-state index contributed by atoms with van der Waals surface area (Å²) < 4.78 is 5.61. The normalized spacial score (nSPS) is 13.5. The number of likely N-dealkylation sites (N-methyl/N-ethyl adjacent to an activating group) is 1. The second-order valence-electron chi connectivity index (χ2n) is 5.71. The minimum Gasteiger partial charge on any atom is -0.484 e. The predicted molar refractivity (Wildman–Crippen MR) is 90.0 cm³/mol. The molecule has 0 radical (unpaired) electrons. The topological polar surface area (TPSA) is 46.6 Å². The van der Waals surface area contributed by atoms with Crippen molar-refractivity contribution in [1.29, 1.82) is 0 Å². The van der Waals surface area contributed by atoms with Gasteiger partial charge in [0, 0.05) is 23.9 Å². The van der Waals surface area contributed by atoms with Gasteiger partial charge in [-0.2, -0.15) is 0 Å². The maximum atomic E-state index is 12.1. The molecule has 2 aromatic rings. The number of thiophene rings is 1. The lowest BCUT2D eigenvalue weighted by atomic mass is 9.91. The van der Waals surface area contributed by atoms with Crippen molar-refractivity contribution < 1.29 is 14.3 Å². The summed E-state index contributed by atoms with van der Waals surface area (Å²) >= 11 is 1.63. The number of Topliss-reactive ketones (excluding diaryl/α,β-unsaturated/α-hetero) is 1. The highest BCUT2D eigenvalue weighted by Gasteiger charge is 2.18. The predicted octanol–water partition coefficient (Wildman–Crippen LogP) is 3.30. The van der Waals surface area contributed by atoms with Gasteiger partial charge in [0.2, 0.25) is 0 Å². The van der Waals surface area contributed by atoms with E-state index in [0.29, 0.717) is 18.7 Å². The molecule has 1 aliphatic rings. The number of hydrogen-bond donors (Lipinski definition) is 0. The molecule has 0 saturated heterocycles. The van der Waals surface area contributed by atoms with Gasteiger partial charge in [0.05, 0.1) is 6.54 Å². The van der Waals surface area contributed by atoms with Gasteiger partial charge in [-0.15, -0.1) is 11.3 Å². The molecule has 0 atom stereocenters. The molecular weight excluding hydrogens is 310 g/mol. The van der Waals surface area contributed by atoms with Gasteiger partial charge < -0.3 is 9.64 Å². The standard InChI is InChI=1S/C18H19NO3S/c1-19(11-15-5-3-9-23-15)18(21)12-22-14-7-8-16-13(10-14)4-2-6-17(16)20/h3,5,7-10H,2,4,6,11-12H2,1H3. The first-order chi connectivity index (χ1) is 11.1. The fraction of sp³-hybridized carbons (Fsp3) is 0.333. The van der Waals surface area contributed by atoms with Crippen LogP contribution in [0.2, 0.25) is 0 Å². The lowest BCUT2D eigenvalue weighted by molar-refractivity contribution is -0.132. The smallest absolute Gasteiger partial charge is 0.260 e. The van der Waals surface area contributed by atoms with E-state index in [1.54, 1.807) is 29.4 Å². The van der Waals surface area contributed by atoms with Crippen LogP contribution < -0.4 is 4.74 Å². The molecule has 1 heterocycles. The molecule has 0 spiro atoms. The Morgan fingerprint density at radius 1 is 1.30 bits per heavy atom. The fourth-order valence-electron chi connectivity index (χ4n) is 2.69. The first-order valence-electron chi connectivity index (χ1n) is 7.69. The Bertz CT molecular complexity index is 709. The number of amides is 1. The molecule has 1 aromatic heterocycles. The molecular formula is C18H19NO3S. The minimum absolute atomic E-state index is 0.00854. The number of fused-ring (bicyclic) bond motifs is 1. The molecule has 23 heavy (non-hydrogen) atoms. The Morgan fingerprint density at radius 3 is 2.96 bits per heavy atom. The number of ether oxygens (including phenoxy) is 1. The van der Waals surface area contributed by atoms with Gasteiger partial charge >= 0.3 is 0 Å². The van der Waals surface area contributed by atoms with Crippen LogP contribution in [-0.4, -0.2) is 30.2 Å². The molecule has 3 rings (SSSR count). The van der Waals surface area contributed by atoms with Crippen LogP contribution >= 0.6 is 11.3 Å². The van der Waals surface area contributed by atoms with Crippen molar-refractivity contribution in [2.75, 3.05) is 13.7 Å². The van der Waals surface area contributed by atoms with Crippen LogP contribution in [0, 0.1) is 0 Å². The highest BCUT2D eigenvalue weighted by Crippen LogP contribution is 2.25. The molecule has 1 aromatic carbocycles. The third-order valence-corrected chi connectivity index (χ3v) is 4.85. The van der Waals surface area contributed by atoms with Crippen molar-refractivity contribution >= 4 is 23.0 Å². The number of benzene rings is 1. The Hall–Kier alpha value is -2.14. The quantitative estimate of drug-likeness (QED) is 0.845. The summed E-state index contributed by atoms with van der Waals surface area (Å²) in [4.78, 5) is 26.7. The summed E-state index contributed by atoms with van der Waals surface area (Å²) in [6.07, 6.45) is 2.40. The van der Waals surface area contributed by atoms with Crippen molar-refractivity contribution in [3.05, 3.63) is 51.7 Å². The largest absolute Gasteiger partial charge is 0.484 e. The SMILES string of the molecule is CN(Cc1cccs1)C(=O)COc1ccc2c(c1)CCCC2=O. The summed E-state index contributed by atoms with van der Waals surface area (Å²) in [5.41, 5.74) is 1.82.